The zero-order valence-corrected chi connectivity index (χ0v) is 12.1. The van der Waals surface area contributed by atoms with E-state index < -0.39 is 0 Å². The standard InChI is InChI=1S/C15H21N5/c1-19-8-7-11(9-19)10-20(2)14-12-5-3-4-6-13(12)17-15(16)18-14/h3-6,11H,7-10H2,1-2H3,(H2,16,17,18). The molecule has 1 aromatic heterocycles. The summed E-state index contributed by atoms with van der Waals surface area (Å²) >= 11 is 0. The molecule has 2 aromatic rings. The zero-order valence-electron chi connectivity index (χ0n) is 12.1. The Labute approximate surface area is 119 Å². The first-order valence-electron chi connectivity index (χ1n) is 7.05. The van der Waals surface area contributed by atoms with Crippen LogP contribution in [0.1, 0.15) is 6.42 Å². The molecule has 2 heterocycles. The van der Waals surface area contributed by atoms with Crippen LogP contribution >= 0.6 is 0 Å². The highest BCUT2D eigenvalue weighted by atomic mass is 15.2. The largest absolute Gasteiger partial charge is 0.368 e. The summed E-state index contributed by atoms with van der Waals surface area (Å²) in [5, 5.41) is 1.07. The van der Waals surface area contributed by atoms with E-state index in [1.54, 1.807) is 0 Å². The Morgan fingerprint density at radius 1 is 1.35 bits per heavy atom. The third-order valence-corrected chi connectivity index (χ3v) is 3.98. The van der Waals surface area contributed by atoms with E-state index in [9.17, 15) is 0 Å². The fourth-order valence-corrected chi connectivity index (χ4v) is 3.02. The molecule has 1 aliphatic heterocycles. The normalized spacial score (nSPS) is 19.6. The van der Waals surface area contributed by atoms with Crippen LogP contribution in [0, 0.1) is 5.92 Å². The molecule has 5 nitrogen and oxygen atoms in total. The molecule has 3 rings (SSSR count). The molecular weight excluding hydrogens is 250 g/mol. The van der Waals surface area contributed by atoms with Crippen LogP contribution in [0.15, 0.2) is 24.3 Å². The van der Waals surface area contributed by atoms with Gasteiger partial charge in [-0.05, 0) is 38.1 Å². The minimum absolute atomic E-state index is 0.342. The quantitative estimate of drug-likeness (QED) is 0.919. The summed E-state index contributed by atoms with van der Waals surface area (Å²) in [6.07, 6.45) is 1.25. The van der Waals surface area contributed by atoms with Crippen molar-refractivity contribution in [3.8, 4) is 0 Å². The molecule has 1 fully saturated rings. The van der Waals surface area contributed by atoms with E-state index in [1.165, 1.54) is 13.0 Å². The van der Waals surface area contributed by atoms with Gasteiger partial charge in [0.1, 0.15) is 5.82 Å². The predicted molar refractivity (Wildman–Crippen MR) is 82.8 cm³/mol. The van der Waals surface area contributed by atoms with Crippen molar-refractivity contribution in [2.24, 2.45) is 5.92 Å². The molecule has 1 atom stereocenters. The van der Waals surface area contributed by atoms with E-state index >= 15 is 0 Å². The second-order valence-electron chi connectivity index (χ2n) is 5.72. The van der Waals surface area contributed by atoms with Crippen molar-refractivity contribution in [3.63, 3.8) is 0 Å². The molecule has 0 amide bonds. The van der Waals surface area contributed by atoms with E-state index in [0.29, 0.717) is 11.9 Å². The maximum absolute atomic E-state index is 5.84. The lowest BCUT2D eigenvalue weighted by atomic mass is 10.1. The number of aromatic nitrogens is 2. The monoisotopic (exact) mass is 271 g/mol. The van der Waals surface area contributed by atoms with E-state index in [2.05, 4.69) is 39.9 Å². The number of nitrogen functional groups attached to an aromatic ring is 1. The molecule has 0 aliphatic carbocycles. The first-order chi connectivity index (χ1) is 9.63. The lowest BCUT2D eigenvalue weighted by Crippen LogP contribution is -2.28. The number of benzene rings is 1. The summed E-state index contributed by atoms with van der Waals surface area (Å²) in [6, 6.07) is 8.03. The number of hydrogen-bond donors (Lipinski definition) is 1. The molecular formula is C15H21N5. The Kier molecular flexibility index (Phi) is 3.44. The van der Waals surface area contributed by atoms with Crippen LogP contribution in [-0.2, 0) is 0 Å². The van der Waals surface area contributed by atoms with Crippen molar-refractivity contribution in [1.82, 2.24) is 14.9 Å². The van der Waals surface area contributed by atoms with Crippen molar-refractivity contribution in [2.45, 2.75) is 6.42 Å². The van der Waals surface area contributed by atoms with Crippen LogP contribution in [0.4, 0.5) is 11.8 Å². The molecule has 0 radical (unpaired) electrons. The third-order valence-electron chi connectivity index (χ3n) is 3.98. The summed E-state index contributed by atoms with van der Waals surface area (Å²) in [7, 11) is 4.27. The van der Waals surface area contributed by atoms with E-state index in [-0.39, 0.29) is 0 Å². The van der Waals surface area contributed by atoms with Gasteiger partial charge in [0, 0.05) is 25.5 Å². The Morgan fingerprint density at radius 3 is 2.90 bits per heavy atom. The van der Waals surface area contributed by atoms with E-state index in [4.69, 9.17) is 5.73 Å². The molecule has 1 aliphatic rings. The Balaban J connectivity index is 1.88. The summed E-state index contributed by atoms with van der Waals surface area (Å²) in [6.45, 7) is 3.35. The number of hydrogen-bond acceptors (Lipinski definition) is 5. The number of nitrogens with zero attached hydrogens (tertiary/aromatic N) is 4. The first kappa shape index (κ1) is 13.1. The van der Waals surface area contributed by atoms with Crippen molar-refractivity contribution < 1.29 is 0 Å². The summed E-state index contributed by atoms with van der Waals surface area (Å²) in [4.78, 5) is 13.3. The van der Waals surface area contributed by atoms with E-state index in [1.807, 2.05) is 18.2 Å². The Hall–Kier alpha value is -1.88. The summed E-state index contributed by atoms with van der Waals surface area (Å²) in [5.74, 6) is 1.97. The zero-order chi connectivity index (χ0) is 14.1. The van der Waals surface area contributed by atoms with Gasteiger partial charge in [-0.1, -0.05) is 12.1 Å². The third kappa shape index (κ3) is 2.54. The van der Waals surface area contributed by atoms with Gasteiger partial charge in [0.25, 0.3) is 0 Å². The summed E-state index contributed by atoms with van der Waals surface area (Å²) < 4.78 is 0. The minimum atomic E-state index is 0.342. The highest BCUT2D eigenvalue weighted by molar-refractivity contribution is 5.90. The molecule has 0 bridgehead atoms. The average molecular weight is 271 g/mol. The second-order valence-corrected chi connectivity index (χ2v) is 5.72. The van der Waals surface area contributed by atoms with Crippen LogP contribution in [0.25, 0.3) is 10.9 Å². The molecule has 1 saturated heterocycles. The highest BCUT2D eigenvalue weighted by Crippen LogP contribution is 2.25. The summed E-state index contributed by atoms with van der Waals surface area (Å²) in [5.41, 5.74) is 6.74. The van der Waals surface area contributed by atoms with Gasteiger partial charge >= 0.3 is 0 Å². The molecule has 5 heteroatoms. The van der Waals surface area contributed by atoms with Gasteiger partial charge in [0.05, 0.1) is 5.52 Å². The van der Waals surface area contributed by atoms with Gasteiger partial charge in [-0.25, -0.2) is 4.98 Å². The number of nitrogens with two attached hydrogens (primary N) is 1. The lowest BCUT2D eigenvalue weighted by Gasteiger charge is -2.23. The fraction of sp³-hybridized carbons (Fsp3) is 0.467. The fourth-order valence-electron chi connectivity index (χ4n) is 3.02. The van der Waals surface area contributed by atoms with Gasteiger partial charge in [-0.2, -0.15) is 4.98 Å². The van der Waals surface area contributed by atoms with Gasteiger partial charge in [0.15, 0.2) is 0 Å². The van der Waals surface area contributed by atoms with Gasteiger partial charge in [0.2, 0.25) is 5.95 Å². The lowest BCUT2D eigenvalue weighted by molar-refractivity contribution is 0.396. The van der Waals surface area contributed by atoms with Crippen LogP contribution in [0.5, 0.6) is 0 Å². The minimum Gasteiger partial charge on any atom is -0.368 e. The molecule has 2 N–H and O–H groups in total. The SMILES string of the molecule is CN1CCC(CN(C)c2nc(N)nc3ccccc23)C1. The number of fused-ring (bicyclic) bond motifs is 1. The molecule has 1 unspecified atom stereocenters. The van der Waals surface area contributed by atoms with Gasteiger partial charge < -0.3 is 15.5 Å². The molecule has 0 saturated carbocycles. The maximum atomic E-state index is 5.84. The molecule has 20 heavy (non-hydrogen) atoms. The molecule has 0 spiro atoms. The molecule has 106 valence electrons. The van der Waals surface area contributed by atoms with Crippen LogP contribution in [0.2, 0.25) is 0 Å². The first-order valence-corrected chi connectivity index (χ1v) is 7.05. The maximum Gasteiger partial charge on any atom is 0.222 e. The smallest absolute Gasteiger partial charge is 0.222 e. The van der Waals surface area contributed by atoms with Crippen LogP contribution in [0.3, 0.4) is 0 Å². The Bertz CT molecular complexity index is 612. The van der Waals surface area contributed by atoms with E-state index in [0.717, 1.165) is 29.8 Å². The highest BCUT2D eigenvalue weighted by Gasteiger charge is 2.22. The van der Waals surface area contributed by atoms with Crippen molar-refractivity contribution >= 4 is 22.7 Å². The number of rotatable bonds is 3. The van der Waals surface area contributed by atoms with Gasteiger partial charge in [-0.15, -0.1) is 0 Å². The molecule has 1 aromatic carbocycles. The van der Waals surface area contributed by atoms with Crippen molar-refractivity contribution in [3.05, 3.63) is 24.3 Å². The average Bonchev–Trinajstić information content (AvgIpc) is 2.83. The van der Waals surface area contributed by atoms with Crippen LogP contribution < -0.4 is 10.6 Å². The number of para-hydroxylation sites is 1. The van der Waals surface area contributed by atoms with Crippen LogP contribution in [-0.4, -0.2) is 48.6 Å². The van der Waals surface area contributed by atoms with Crippen molar-refractivity contribution in [1.29, 1.82) is 0 Å². The Morgan fingerprint density at radius 2 is 2.15 bits per heavy atom. The number of likely N-dealkylation sites (tertiary alicyclic amines) is 1. The number of anilines is 2. The van der Waals surface area contributed by atoms with Gasteiger partial charge in [-0.3, -0.25) is 0 Å². The second kappa shape index (κ2) is 5.25. The van der Waals surface area contributed by atoms with Crippen molar-refractivity contribution in [2.75, 3.05) is 44.4 Å². The topological polar surface area (TPSA) is 58.3 Å². The predicted octanol–water partition coefficient (Wildman–Crippen LogP) is 1.60.